The molecule has 0 saturated heterocycles. The normalized spacial score (nSPS) is 20.5. The minimum Gasteiger partial charge on any atom is -0.507 e. The maximum Gasteiger partial charge on any atom is 0.149 e. The van der Waals surface area contributed by atoms with Gasteiger partial charge in [0.25, 0.3) is 0 Å². The average molecular weight is 913 g/mol. The van der Waals surface area contributed by atoms with Crippen LogP contribution in [0.1, 0.15) is 174 Å². The summed E-state index contributed by atoms with van der Waals surface area (Å²) in [5, 5.41) is 13.2. The Morgan fingerprint density at radius 3 is 1.82 bits per heavy atom. The van der Waals surface area contributed by atoms with Crippen LogP contribution in [0.5, 0.6) is 5.75 Å². The molecular formula is C63H71N3O. The van der Waals surface area contributed by atoms with Gasteiger partial charge in [0, 0.05) is 65.5 Å². The van der Waals surface area contributed by atoms with Crippen LogP contribution in [-0.4, -0.2) is 19.6 Å². The molecule has 8 rings (SSSR count). The Bertz CT molecular complexity index is 4020. The number of hydrogen-bond acceptors (Lipinski definition) is 3. The van der Waals surface area contributed by atoms with Gasteiger partial charge in [0.2, 0.25) is 0 Å². The predicted octanol–water partition coefficient (Wildman–Crippen LogP) is 17.3. The molecule has 0 aliphatic carbocycles. The maximum absolute atomic E-state index is 13.2. The first kappa shape index (κ1) is 24.2. The zero-order chi connectivity index (χ0) is 70.9. The van der Waals surface area contributed by atoms with Crippen molar-refractivity contribution in [2.45, 2.75) is 137 Å². The lowest BCUT2D eigenvalue weighted by Gasteiger charge is -2.28. The lowest BCUT2D eigenvalue weighted by Crippen LogP contribution is -2.17. The summed E-state index contributed by atoms with van der Waals surface area (Å²) in [7, 11) is 0. The third-order valence-electron chi connectivity index (χ3n) is 12.7. The van der Waals surface area contributed by atoms with Gasteiger partial charge >= 0.3 is 0 Å². The molecule has 1 N–H and O–H groups in total. The second kappa shape index (κ2) is 17.1. The fourth-order valence-corrected chi connectivity index (χ4v) is 8.31. The van der Waals surface area contributed by atoms with Gasteiger partial charge in [0.15, 0.2) is 0 Å². The molecule has 4 heteroatoms. The van der Waals surface area contributed by atoms with E-state index >= 15 is 0 Å². The Labute approximate surface area is 439 Å². The molecule has 0 saturated carbocycles. The Balaban J connectivity index is 1.55. The molecule has 0 atom stereocenters. The fraction of sp³-hybridized carbons (Fsp3) is 0.333. The Morgan fingerprint density at radius 1 is 0.507 bits per heavy atom. The number of pyridine rings is 1. The van der Waals surface area contributed by atoms with Gasteiger partial charge in [-0.25, -0.2) is 4.98 Å². The van der Waals surface area contributed by atoms with Gasteiger partial charge in [-0.15, -0.1) is 0 Å². The highest BCUT2D eigenvalue weighted by atomic mass is 16.3. The van der Waals surface area contributed by atoms with Crippen LogP contribution in [0.25, 0.3) is 72.7 Å². The molecule has 8 aromatic rings. The third kappa shape index (κ3) is 9.38. The minimum atomic E-state index is -4.21. The third-order valence-corrected chi connectivity index (χ3v) is 12.7. The van der Waals surface area contributed by atoms with Crippen LogP contribution < -0.4 is 0 Å². The largest absolute Gasteiger partial charge is 0.507 e. The molecule has 6 aromatic carbocycles. The van der Waals surface area contributed by atoms with Crippen LogP contribution in [0.2, 0.25) is 0 Å². The van der Waals surface area contributed by atoms with Gasteiger partial charge < -0.3 is 5.11 Å². The minimum absolute atomic E-state index is 0.0735. The van der Waals surface area contributed by atoms with E-state index in [0.29, 0.717) is 57.1 Å². The highest BCUT2D eigenvalue weighted by Gasteiger charge is 2.30. The van der Waals surface area contributed by atoms with Crippen molar-refractivity contribution in [1.29, 1.82) is 0 Å². The Hall–Kier alpha value is -6.26. The average Bonchev–Trinajstić information content (AvgIpc) is 0.779. The highest BCUT2D eigenvalue weighted by molar-refractivity contribution is 5.98. The molecule has 4 nitrogen and oxygen atoms in total. The monoisotopic (exact) mass is 913 g/mol. The number of nitrogens with zero attached hydrogens (tertiary/aromatic N) is 3. The summed E-state index contributed by atoms with van der Waals surface area (Å²) >= 11 is 0. The first-order chi connectivity index (χ1) is 42.6. The van der Waals surface area contributed by atoms with Crippen molar-refractivity contribution >= 4 is 11.0 Å². The van der Waals surface area contributed by atoms with Crippen molar-refractivity contribution < 1.29 is 42.1 Å². The molecule has 344 valence electrons. The summed E-state index contributed by atoms with van der Waals surface area (Å²) in [6.07, 6.45) is 2.16. The summed E-state index contributed by atoms with van der Waals surface area (Å²) < 4.78 is 234. The van der Waals surface area contributed by atoms with Crippen LogP contribution in [0.3, 0.4) is 0 Å². The van der Waals surface area contributed by atoms with Crippen LogP contribution in [0.4, 0.5) is 0 Å². The van der Waals surface area contributed by atoms with Crippen LogP contribution in [-0.2, 0) is 27.1 Å². The molecular weight excluding hydrogens is 815 g/mol. The van der Waals surface area contributed by atoms with E-state index < -0.39 is 123 Å². The van der Waals surface area contributed by atoms with E-state index in [2.05, 4.69) is 0 Å². The van der Waals surface area contributed by atoms with Crippen molar-refractivity contribution in [3.8, 4) is 67.5 Å². The fourth-order valence-electron chi connectivity index (χ4n) is 8.31. The molecule has 2 heterocycles. The van der Waals surface area contributed by atoms with Crippen molar-refractivity contribution in [2.75, 3.05) is 0 Å². The highest BCUT2D eigenvalue weighted by Crippen LogP contribution is 2.46. The number of fused-ring (bicyclic) bond motifs is 1. The summed E-state index contributed by atoms with van der Waals surface area (Å²) in [5.41, 5.74) is -11.0. The molecule has 0 aliphatic heterocycles. The molecule has 0 spiro atoms. The van der Waals surface area contributed by atoms with Crippen molar-refractivity contribution in [3.05, 3.63) is 167 Å². The SMILES string of the molecule is [2H]C([2H])([2H])C(c1ccc(-c2ccnc(-c3cc(-c4cccc5c4nc(-c4cc(C(C([2H])([2H])[2H])(C([2H])([2H])[2H])C([2H])([2H])[2H])cc(C(C([2H])([2H])[2H])(C([2H])([2H])[2H])C([2H])([2H])[2H])c4O)n5-c4ccc(C(C)(C)CC)cc4-c4ccccc4)cc(C(C)(C)C)c3)c2)cc1)(C([2H])([2H])[2H])C([2H])([2H])[2H]. The summed E-state index contributed by atoms with van der Waals surface area (Å²) in [6.45, 7) is -23.5. The molecule has 0 fully saturated rings. The quantitative estimate of drug-likeness (QED) is 0.165. The van der Waals surface area contributed by atoms with Crippen LogP contribution >= 0.6 is 0 Å². The van der Waals surface area contributed by atoms with Gasteiger partial charge in [0.05, 0.1) is 28.0 Å². The number of aromatic hydroxyl groups is 1. The van der Waals surface area contributed by atoms with Gasteiger partial charge in [0.1, 0.15) is 11.6 Å². The van der Waals surface area contributed by atoms with E-state index in [9.17, 15) is 5.11 Å². The molecule has 0 amide bonds. The van der Waals surface area contributed by atoms with Gasteiger partial charge in [-0.05, 0) is 127 Å². The van der Waals surface area contributed by atoms with Gasteiger partial charge in [-0.3, -0.25) is 9.55 Å². The summed E-state index contributed by atoms with van der Waals surface area (Å²) in [4.78, 5) is 9.93. The van der Waals surface area contributed by atoms with Crippen molar-refractivity contribution in [1.82, 2.24) is 14.5 Å². The van der Waals surface area contributed by atoms with Crippen molar-refractivity contribution in [3.63, 3.8) is 0 Å². The van der Waals surface area contributed by atoms with Gasteiger partial charge in [-0.1, -0.05) is 188 Å². The van der Waals surface area contributed by atoms with E-state index in [1.54, 1.807) is 72.8 Å². The topological polar surface area (TPSA) is 50.9 Å². The molecule has 0 bridgehead atoms. The Morgan fingerprint density at radius 2 is 1.15 bits per heavy atom. The smallest absolute Gasteiger partial charge is 0.149 e. The summed E-state index contributed by atoms with van der Waals surface area (Å²) in [5.74, 6) is -1.91. The van der Waals surface area contributed by atoms with Crippen molar-refractivity contribution in [2.24, 2.45) is 0 Å². The molecule has 2 aromatic heterocycles. The van der Waals surface area contributed by atoms with E-state index in [1.165, 1.54) is 35.0 Å². The number of aromatic nitrogens is 3. The zero-order valence-electron chi connectivity index (χ0n) is 65.3. The number of hydrogen-bond donors (Lipinski definition) is 1. The lowest BCUT2D eigenvalue weighted by atomic mass is 9.78. The van der Waals surface area contributed by atoms with E-state index in [-0.39, 0.29) is 22.8 Å². The number of benzene rings is 6. The van der Waals surface area contributed by atoms with Crippen LogP contribution in [0.15, 0.2) is 140 Å². The number of imidazole rings is 1. The lowest BCUT2D eigenvalue weighted by molar-refractivity contribution is 0.446. The second-order valence-corrected chi connectivity index (χ2v) is 19.0. The van der Waals surface area contributed by atoms with Crippen LogP contribution in [0, 0.1) is 0 Å². The molecule has 67 heavy (non-hydrogen) atoms. The molecule has 0 unspecified atom stereocenters. The maximum atomic E-state index is 13.2. The standard InChI is InChI=1S/C63H71N3O/c1-16-63(14,15)46-29-30-54(50(37-46)41-21-18-17-19-22-41)66-55-24-20-23-49(56(55)65-58(66)51-38-48(61(8,9)10)39-52(57(51)67)62(11,12)13)43-33-44(35-47(34-43)60(5,6)7)53-36-42(31-32-64-53)40-25-27-45(28-26-40)59(2,3)4/h17-39,67H,16H2,1-15H3/i2D3,3D3,4D3,8D3,9D3,10D3,11D3,12D3,13D3. The van der Waals surface area contributed by atoms with E-state index in [4.69, 9.17) is 47.0 Å². The molecule has 0 aliphatic rings. The number of para-hydroxylation sites is 1. The predicted molar refractivity (Wildman–Crippen MR) is 286 cm³/mol. The number of rotatable bonds is 8. The van der Waals surface area contributed by atoms with Gasteiger partial charge in [-0.2, -0.15) is 0 Å². The number of phenols is 1. The second-order valence-electron chi connectivity index (χ2n) is 19.0. The first-order valence-electron chi connectivity index (χ1n) is 35.4. The summed E-state index contributed by atoms with van der Waals surface area (Å²) in [6, 6.07) is 34.4. The van der Waals surface area contributed by atoms with E-state index in [0.717, 1.165) is 11.1 Å². The Kier molecular flexibility index (Phi) is 6.17. The van der Waals surface area contributed by atoms with E-state index in [1.807, 2.05) is 65.8 Å². The zero-order valence-corrected chi connectivity index (χ0v) is 38.3. The molecule has 0 radical (unpaired) electrons. The first-order valence-corrected chi connectivity index (χ1v) is 21.9. The number of phenolic OH excluding ortho intramolecular Hbond substituents is 1.